The quantitative estimate of drug-likeness (QED) is 0.554. The molecule has 3 nitrogen and oxygen atoms in total. The molecule has 1 aromatic rings. The first-order chi connectivity index (χ1) is 7.29. The Hall–Kier alpha value is -0.900. The fourth-order valence-electron chi connectivity index (χ4n) is 1.15. The maximum Gasteiger partial charge on any atom is 0.374 e. The highest BCUT2D eigenvalue weighted by molar-refractivity contribution is 7.98. The van der Waals surface area contributed by atoms with Gasteiger partial charge in [0, 0.05) is 11.3 Å². The maximum absolute atomic E-state index is 11.3. The minimum absolute atomic E-state index is 0.335. The van der Waals surface area contributed by atoms with Crippen LogP contribution in [-0.2, 0) is 10.5 Å². The minimum atomic E-state index is -0.397. The summed E-state index contributed by atoms with van der Waals surface area (Å²) in [7, 11) is 1.36. The average Bonchev–Trinajstić information content (AvgIpc) is 2.71. The van der Waals surface area contributed by atoms with Crippen LogP contribution < -0.4 is 0 Å². The third-order valence-corrected chi connectivity index (χ3v) is 3.11. The number of esters is 1. The number of furan rings is 1. The zero-order chi connectivity index (χ0) is 11.1. The van der Waals surface area contributed by atoms with Gasteiger partial charge < -0.3 is 9.15 Å². The van der Waals surface area contributed by atoms with Crippen molar-refractivity contribution in [3.8, 4) is 0 Å². The zero-order valence-corrected chi connectivity index (χ0v) is 9.93. The molecule has 0 radical (unpaired) electrons. The second-order valence-electron chi connectivity index (χ2n) is 3.17. The molecule has 1 aromatic heterocycles. The fraction of sp³-hybridized carbons (Fsp3) is 0.545. The van der Waals surface area contributed by atoms with Gasteiger partial charge in [0.05, 0.1) is 13.4 Å². The molecule has 0 amide bonds. The van der Waals surface area contributed by atoms with Crippen molar-refractivity contribution in [2.24, 2.45) is 0 Å². The van der Waals surface area contributed by atoms with Gasteiger partial charge in [0.1, 0.15) is 0 Å². The Labute approximate surface area is 94.2 Å². The Morgan fingerprint density at radius 1 is 1.60 bits per heavy atom. The van der Waals surface area contributed by atoms with Crippen molar-refractivity contribution in [2.45, 2.75) is 25.5 Å². The summed E-state index contributed by atoms with van der Waals surface area (Å²) in [5.74, 6) is 1.86. The molecule has 0 aromatic carbocycles. The standard InChI is InChI=1S/C11H16O3S/c1-3-4-7-15-8-9-5-6-14-10(9)11(12)13-2/h5-6H,3-4,7-8H2,1-2H3. The Kier molecular flexibility index (Phi) is 5.32. The largest absolute Gasteiger partial charge is 0.463 e. The third kappa shape index (κ3) is 3.63. The molecular formula is C11H16O3S. The maximum atomic E-state index is 11.3. The van der Waals surface area contributed by atoms with Crippen molar-refractivity contribution in [3.63, 3.8) is 0 Å². The Balaban J connectivity index is 2.46. The number of unbranched alkanes of at least 4 members (excludes halogenated alkanes) is 1. The van der Waals surface area contributed by atoms with E-state index in [1.54, 1.807) is 0 Å². The molecule has 0 aliphatic heterocycles. The number of thioether (sulfide) groups is 1. The molecule has 0 spiro atoms. The van der Waals surface area contributed by atoms with Crippen molar-refractivity contribution in [3.05, 3.63) is 23.7 Å². The van der Waals surface area contributed by atoms with Gasteiger partial charge in [-0.3, -0.25) is 0 Å². The molecule has 0 saturated carbocycles. The van der Waals surface area contributed by atoms with Crippen molar-refractivity contribution >= 4 is 17.7 Å². The SMILES string of the molecule is CCCCSCc1ccoc1C(=O)OC. The average molecular weight is 228 g/mol. The van der Waals surface area contributed by atoms with Gasteiger partial charge in [-0.1, -0.05) is 13.3 Å². The lowest BCUT2D eigenvalue weighted by atomic mass is 10.3. The normalized spacial score (nSPS) is 10.3. The van der Waals surface area contributed by atoms with E-state index in [0.29, 0.717) is 5.76 Å². The summed E-state index contributed by atoms with van der Waals surface area (Å²) < 4.78 is 9.71. The molecule has 0 fully saturated rings. The van der Waals surface area contributed by atoms with E-state index in [4.69, 9.17) is 4.42 Å². The topological polar surface area (TPSA) is 39.4 Å². The Bertz CT molecular complexity index is 307. The van der Waals surface area contributed by atoms with Crippen molar-refractivity contribution in [2.75, 3.05) is 12.9 Å². The van der Waals surface area contributed by atoms with E-state index >= 15 is 0 Å². The van der Waals surface area contributed by atoms with Gasteiger partial charge in [0.2, 0.25) is 5.76 Å². The summed E-state index contributed by atoms with van der Waals surface area (Å²) in [5.41, 5.74) is 0.919. The summed E-state index contributed by atoms with van der Waals surface area (Å²) in [6.45, 7) is 2.16. The molecule has 4 heteroatoms. The van der Waals surface area contributed by atoms with E-state index in [1.807, 2.05) is 17.8 Å². The molecule has 15 heavy (non-hydrogen) atoms. The van der Waals surface area contributed by atoms with Crippen LogP contribution in [0.4, 0.5) is 0 Å². The molecule has 0 unspecified atom stereocenters. The number of carbonyl (C=O) groups excluding carboxylic acids is 1. The highest BCUT2D eigenvalue weighted by atomic mass is 32.2. The van der Waals surface area contributed by atoms with Gasteiger partial charge in [0.25, 0.3) is 0 Å². The van der Waals surface area contributed by atoms with E-state index in [9.17, 15) is 4.79 Å². The highest BCUT2D eigenvalue weighted by Crippen LogP contribution is 2.19. The van der Waals surface area contributed by atoms with Crippen LogP contribution in [0.5, 0.6) is 0 Å². The number of carbonyl (C=O) groups is 1. The molecule has 0 N–H and O–H groups in total. The summed E-state index contributed by atoms with van der Waals surface area (Å²) in [6, 6.07) is 1.82. The van der Waals surface area contributed by atoms with Crippen LogP contribution in [0.1, 0.15) is 35.9 Å². The second kappa shape index (κ2) is 6.56. The van der Waals surface area contributed by atoms with E-state index in [0.717, 1.165) is 17.1 Å². The molecule has 0 atom stereocenters. The van der Waals surface area contributed by atoms with E-state index in [2.05, 4.69) is 11.7 Å². The van der Waals surface area contributed by atoms with Gasteiger partial charge in [-0.25, -0.2) is 4.79 Å². The van der Waals surface area contributed by atoms with Crippen LogP contribution in [0, 0.1) is 0 Å². The molecule has 1 rings (SSSR count). The van der Waals surface area contributed by atoms with Gasteiger partial charge in [-0.2, -0.15) is 11.8 Å². The first kappa shape index (κ1) is 12.2. The van der Waals surface area contributed by atoms with Crippen LogP contribution in [0.3, 0.4) is 0 Å². The lowest BCUT2D eigenvalue weighted by molar-refractivity contribution is 0.0564. The van der Waals surface area contributed by atoms with Gasteiger partial charge >= 0.3 is 5.97 Å². The number of hydrogen-bond acceptors (Lipinski definition) is 4. The molecule has 1 heterocycles. The van der Waals surface area contributed by atoms with Crippen molar-refractivity contribution < 1.29 is 13.9 Å². The fourth-order valence-corrected chi connectivity index (χ4v) is 2.23. The monoisotopic (exact) mass is 228 g/mol. The van der Waals surface area contributed by atoms with Crippen molar-refractivity contribution in [1.82, 2.24) is 0 Å². The summed E-state index contributed by atoms with van der Waals surface area (Å²) in [4.78, 5) is 11.3. The Morgan fingerprint density at radius 3 is 3.07 bits per heavy atom. The van der Waals surface area contributed by atoms with Gasteiger partial charge in [-0.15, -0.1) is 0 Å². The lowest BCUT2D eigenvalue weighted by Crippen LogP contribution is -2.02. The predicted molar refractivity (Wildman–Crippen MR) is 61.1 cm³/mol. The number of hydrogen-bond donors (Lipinski definition) is 0. The summed E-state index contributed by atoms with van der Waals surface area (Å²) in [5, 5.41) is 0. The van der Waals surface area contributed by atoms with E-state index < -0.39 is 5.97 Å². The van der Waals surface area contributed by atoms with E-state index in [-0.39, 0.29) is 0 Å². The van der Waals surface area contributed by atoms with Crippen LogP contribution >= 0.6 is 11.8 Å². The highest BCUT2D eigenvalue weighted by Gasteiger charge is 2.15. The van der Waals surface area contributed by atoms with Crippen LogP contribution in [0.15, 0.2) is 16.7 Å². The zero-order valence-electron chi connectivity index (χ0n) is 9.12. The predicted octanol–water partition coefficient (Wildman–Crippen LogP) is 3.10. The first-order valence-electron chi connectivity index (χ1n) is 5.02. The van der Waals surface area contributed by atoms with Crippen molar-refractivity contribution in [1.29, 1.82) is 0 Å². The van der Waals surface area contributed by atoms with Gasteiger partial charge in [-0.05, 0) is 18.2 Å². The number of ether oxygens (including phenoxy) is 1. The van der Waals surface area contributed by atoms with Gasteiger partial charge in [0.15, 0.2) is 0 Å². The molecule has 84 valence electrons. The number of methoxy groups -OCH3 is 1. The first-order valence-corrected chi connectivity index (χ1v) is 6.17. The molecular weight excluding hydrogens is 212 g/mol. The number of rotatable bonds is 6. The summed E-state index contributed by atoms with van der Waals surface area (Å²) >= 11 is 1.81. The van der Waals surface area contributed by atoms with Crippen LogP contribution in [0.2, 0.25) is 0 Å². The second-order valence-corrected chi connectivity index (χ2v) is 4.28. The molecule has 0 saturated heterocycles. The lowest BCUT2D eigenvalue weighted by Gasteiger charge is -2.00. The molecule has 0 bridgehead atoms. The third-order valence-electron chi connectivity index (χ3n) is 2.02. The Morgan fingerprint density at radius 2 is 2.40 bits per heavy atom. The van der Waals surface area contributed by atoms with Crippen LogP contribution in [0.25, 0.3) is 0 Å². The molecule has 0 aliphatic carbocycles. The smallest absolute Gasteiger partial charge is 0.374 e. The molecule has 0 aliphatic rings. The van der Waals surface area contributed by atoms with E-state index in [1.165, 1.54) is 26.2 Å². The summed E-state index contributed by atoms with van der Waals surface area (Å²) in [6.07, 6.45) is 3.93. The van der Waals surface area contributed by atoms with Crippen LogP contribution in [-0.4, -0.2) is 18.8 Å². The minimum Gasteiger partial charge on any atom is -0.463 e.